The first-order valence-electron chi connectivity index (χ1n) is 11.7. The van der Waals surface area contributed by atoms with Gasteiger partial charge in [0.1, 0.15) is 5.75 Å². The lowest BCUT2D eigenvalue weighted by atomic mass is 9.85. The van der Waals surface area contributed by atoms with Crippen LogP contribution in [0.25, 0.3) is 0 Å². The van der Waals surface area contributed by atoms with Gasteiger partial charge in [-0.2, -0.15) is 4.98 Å². The number of imide groups is 1. The number of nitrogens with one attached hydrogen (secondary N) is 1. The summed E-state index contributed by atoms with van der Waals surface area (Å²) in [5.74, 6) is 0.322. The van der Waals surface area contributed by atoms with Gasteiger partial charge in [-0.1, -0.05) is 48.0 Å². The third-order valence-electron chi connectivity index (χ3n) is 7.16. The number of nitrogens with zero attached hydrogens (tertiary/aromatic N) is 4. The van der Waals surface area contributed by atoms with Crippen LogP contribution >= 0.6 is 11.6 Å². The molecule has 6 rings (SSSR count). The van der Waals surface area contributed by atoms with E-state index in [4.69, 9.17) is 16.3 Å². The summed E-state index contributed by atoms with van der Waals surface area (Å²) in [6.45, 7) is 0. The Labute approximate surface area is 207 Å². The molecular weight excluding hydrogens is 466 g/mol. The molecule has 1 saturated heterocycles. The number of ether oxygens (including phenoxy) is 1. The smallest absolute Gasteiger partial charge is 0.260 e. The zero-order chi connectivity index (χ0) is 24.1. The average molecular weight is 490 g/mol. The summed E-state index contributed by atoms with van der Waals surface area (Å²) in [7, 11) is 1.64. The molecule has 1 aliphatic carbocycles. The Bertz CT molecular complexity index is 1290. The van der Waals surface area contributed by atoms with Crippen LogP contribution in [0.1, 0.15) is 42.5 Å². The maximum atomic E-state index is 13.1. The number of fused-ring (bicyclic) bond motifs is 2. The van der Waals surface area contributed by atoms with Gasteiger partial charge in [0.05, 0.1) is 31.0 Å². The predicted molar refractivity (Wildman–Crippen MR) is 131 cm³/mol. The van der Waals surface area contributed by atoms with Crippen LogP contribution in [-0.4, -0.2) is 33.7 Å². The van der Waals surface area contributed by atoms with Crippen LogP contribution in [0.15, 0.2) is 60.7 Å². The summed E-state index contributed by atoms with van der Waals surface area (Å²) in [5.41, 5.74) is 2.09. The minimum absolute atomic E-state index is 0.0529. The molecule has 0 spiro atoms. The molecular formula is C26H24ClN5O3. The van der Waals surface area contributed by atoms with E-state index in [-0.39, 0.29) is 41.7 Å². The fourth-order valence-electron chi connectivity index (χ4n) is 5.28. The highest BCUT2D eigenvalue weighted by molar-refractivity contribution is 6.30. The monoisotopic (exact) mass is 489 g/mol. The van der Waals surface area contributed by atoms with Gasteiger partial charge in [-0.15, -0.1) is 5.10 Å². The Balaban J connectivity index is 1.39. The van der Waals surface area contributed by atoms with Crippen molar-refractivity contribution in [2.75, 3.05) is 17.3 Å². The molecule has 2 aromatic carbocycles. The third-order valence-corrected chi connectivity index (χ3v) is 7.41. The van der Waals surface area contributed by atoms with E-state index in [9.17, 15) is 9.59 Å². The number of carbonyl (C=O) groups excluding carboxylic acids is 2. The minimum atomic E-state index is -0.333. The largest absolute Gasteiger partial charge is 0.497 e. The van der Waals surface area contributed by atoms with Gasteiger partial charge < -0.3 is 10.1 Å². The number of methoxy groups -OCH3 is 1. The highest BCUT2D eigenvalue weighted by Crippen LogP contribution is 2.41. The number of hydrogen-bond donors (Lipinski definition) is 1. The molecule has 4 atom stereocenters. The van der Waals surface area contributed by atoms with Gasteiger partial charge in [0.25, 0.3) is 5.95 Å². The van der Waals surface area contributed by atoms with E-state index in [1.54, 1.807) is 11.8 Å². The maximum Gasteiger partial charge on any atom is 0.260 e. The predicted octanol–water partition coefficient (Wildman–Crippen LogP) is 4.54. The van der Waals surface area contributed by atoms with E-state index in [0.29, 0.717) is 30.2 Å². The molecule has 2 amide bonds. The topological polar surface area (TPSA) is 89.4 Å². The SMILES string of the molecule is COc1ccc([C@H]2C[C@@H](c3ccc(Cl)cc3)n3nc(N4C(=O)[C@H]5CC=CC[C@@H]5C4=O)nc3N2)cc1. The molecule has 0 saturated carbocycles. The van der Waals surface area contributed by atoms with Crippen molar-refractivity contribution in [1.29, 1.82) is 0 Å². The Morgan fingerprint density at radius 2 is 1.57 bits per heavy atom. The molecule has 178 valence electrons. The lowest BCUT2D eigenvalue weighted by molar-refractivity contribution is -0.122. The summed E-state index contributed by atoms with van der Waals surface area (Å²) in [4.78, 5) is 32.1. The third kappa shape index (κ3) is 3.69. The van der Waals surface area contributed by atoms with Gasteiger partial charge in [0.2, 0.25) is 17.8 Å². The second kappa shape index (κ2) is 8.53. The van der Waals surface area contributed by atoms with Gasteiger partial charge in [-0.05, 0) is 54.7 Å². The summed E-state index contributed by atoms with van der Waals surface area (Å²) < 4.78 is 7.08. The zero-order valence-electron chi connectivity index (χ0n) is 19.1. The van der Waals surface area contributed by atoms with Crippen molar-refractivity contribution in [1.82, 2.24) is 14.8 Å². The molecule has 1 N–H and O–H groups in total. The second-order valence-electron chi connectivity index (χ2n) is 9.12. The van der Waals surface area contributed by atoms with Gasteiger partial charge >= 0.3 is 0 Å². The molecule has 8 nitrogen and oxygen atoms in total. The average Bonchev–Trinajstić information content (AvgIpc) is 3.42. The first-order chi connectivity index (χ1) is 17.0. The first kappa shape index (κ1) is 21.9. The molecule has 0 unspecified atom stereocenters. The van der Waals surface area contributed by atoms with Gasteiger partial charge in [0, 0.05) is 5.02 Å². The summed E-state index contributed by atoms with van der Waals surface area (Å²) >= 11 is 6.14. The number of allylic oxidation sites excluding steroid dienone is 2. The molecule has 0 bridgehead atoms. The highest BCUT2D eigenvalue weighted by Gasteiger charge is 2.50. The van der Waals surface area contributed by atoms with Crippen molar-refractivity contribution in [3.63, 3.8) is 0 Å². The molecule has 2 aliphatic heterocycles. The number of benzene rings is 2. The molecule has 3 heterocycles. The standard InChI is InChI=1S/C26H24ClN5O3/c1-35-18-12-8-15(9-13-18)21-14-22(16-6-10-17(27)11-7-16)32-25(28-21)29-26(30-32)31-23(33)19-4-2-3-5-20(19)24(31)34/h2-3,6-13,19-22H,4-5,14H2,1H3,(H,28,29,30)/t19-,20-,21+,22-/m0/s1. The minimum Gasteiger partial charge on any atom is -0.497 e. The van der Waals surface area contributed by atoms with E-state index in [1.165, 1.54) is 4.90 Å². The zero-order valence-corrected chi connectivity index (χ0v) is 19.9. The Hall–Kier alpha value is -3.65. The van der Waals surface area contributed by atoms with Crippen LogP contribution in [0.5, 0.6) is 5.75 Å². The van der Waals surface area contributed by atoms with Crippen LogP contribution in [0.2, 0.25) is 5.02 Å². The number of rotatable bonds is 4. The number of aromatic nitrogens is 3. The first-order valence-corrected chi connectivity index (χ1v) is 12.1. The number of hydrogen-bond acceptors (Lipinski definition) is 6. The number of carbonyl (C=O) groups is 2. The van der Waals surface area contributed by atoms with Crippen LogP contribution in [0, 0.1) is 11.8 Å². The van der Waals surface area contributed by atoms with Gasteiger partial charge in [0.15, 0.2) is 0 Å². The van der Waals surface area contributed by atoms with E-state index >= 15 is 0 Å². The molecule has 1 fully saturated rings. The van der Waals surface area contributed by atoms with Crippen LogP contribution in [0.4, 0.5) is 11.9 Å². The van der Waals surface area contributed by atoms with Crippen molar-refractivity contribution in [2.45, 2.75) is 31.3 Å². The van der Waals surface area contributed by atoms with Gasteiger partial charge in [-0.3, -0.25) is 9.59 Å². The number of amides is 2. The second-order valence-corrected chi connectivity index (χ2v) is 9.56. The quantitative estimate of drug-likeness (QED) is 0.427. The van der Waals surface area contributed by atoms with E-state index < -0.39 is 0 Å². The summed E-state index contributed by atoms with van der Waals surface area (Å²) in [5, 5.41) is 8.79. The lowest BCUT2D eigenvalue weighted by Gasteiger charge is -2.31. The molecule has 35 heavy (non-hydrogen) atoms. The highest BCUT2D eigenvalue weighted by atomic mass is 35.5. The number of halogens is 1. The van der Waals surface area contributed by atoms with Crippen molar-refractivity contribution in [3.05, 3.63) is 76.8 Å². The fourth-order valence-corrected chi connectivity index (χ4v) is 5.40. The molecule has 3 aliphatic rings. The maximum absolute atomic E-state index is 13.1. The molecule has 0 radical (unpaired) electrons. The van der Waals surface area contributed by atoms with Crippen LogP contribution < -0.4 is 15.0 Å². The van der Waals surface area contributed by atoms with Crippen molar-refractivity contribution < 1.29 is 14.3 Å². The normalized spacial score (nSPS) is 25.3. The Morgan fingerprint density at radius 1 is 0.943 bits per heavy atom. The van der Waals surface area contributed by atoms with Crippen LogP contribution in [-0.2, 0) is 9.59 Å². The Morgan fingerprint density at radius 3 is 2.20 bits per heavy atom. The van der Waals surface area contributed by atoms with E-state index in [2.05, 4.69) is 15.4 Å². The van der Waals surface area contributed by atoms with E-state index in [0.717, 1.165) is 16.9 Å². The van der Waals surface area contributed by atoms with Crippen molar-refractivity contribution in [2.24, 2.45) is 11.8 Å². The molecule has 3 aromatic rings. The molecule has 1 aromatic heterocycles. The van der Waals surface area contributed by atoms with Crippen molar-refractivity contribution >= 4 is 35.3 Å². The molecule has 9 heteroatoms. The van der Waals surface area contributed by atoms with Gasteiger partial charge in [-0.25, -0.2) is 9.58 Å². The van der Waals surface area contributed by atoms with E-state index in [1.807, 2.05) is 60.7 Å². The summed E-state index contributed by atoms with van der Waals surface area (Å²) in [6.07, 6.45) is 5.79. The number of anilines is 2. The van der Waals surface area contributed by atoms with Crippen LogP contribution in [0.3, 0.4) is 0 Å². The Kier molecular flexibility index (Phi) is 5.33. The van der Waals surface area contributed by atoms with Crippen molar-refractivity contribution in [3.8, 4) is 5.75 Å². The fraction of sp³-hybridized carbons (Fsp3) is 0.308. The lowest BCUT2D eigenvalue weighted by Crippen LogP contribution is -2.32. The summed E-state index contributed by atoms with van der Waals surface area (Å²) in [6, 6.07) is 15.3.